The molecule has 0 saturated heterocycles. The van der Waals surface area contributed by atoms with Crippen molar-refractivity contribution in [1.29, 1.82) is 0 Å². The van der Waals surface area contributed by atoms with Crippen molar-refractivity contribution in [2.75, 3.05) is 12.8 Å². The minimum atomic E-state index is -3.24. The average Bonchev–Trinajstić information content (AvgIpc) is 2.30. The zero-order valence-corrected chi connectivity index (χ0v) is 10.5. The molecule has 2 N–H and O–H groups in total. The maximum Gasteiger partial charge on any atom is 0.325 e. The maximum absolute atomic E-state index is 11.6. The lowest BCUT2D eigenvalue weighted by Gasteiger charge is -2.11. The maximum atomic E-state index is 11.6. The van der Waals surface area contributed by atoms with E-state index in [-0.39, 0.29) is 10.6 Å². The molecule has 0 fully saturated rings. The highest BCUT2D eigenvalue weighted by molar-refractivity contribution is 7.91. The summed E-state index contributed by atoms with van der Waals surface area (Å²) < 4.78 is 23.1. The molecule has 0 aliphatic heterocycles. The number of hydrogen-bond donors (Lipinski definition) is 2. The van der Waals surface area contributed by atoms with Gasteiger partial charge in [0.1, 0.15) is 6.04 Å². The number of likely N-dealkylation sites (N-methyl/N-ethyl adjacent to an activating group) is 1. The smallest absolute Gasteiger partial charge is 0.325 e. The second kappa shape index (κ2) is 5.29. The fourth-order valence-corrected chi connectivity index (χ4v) is 2.35. The molecule has 0 radical (unpaired) electrons. The Morgan fingerprint density at radius 1 is 1.35 bits per heavy atom. The third-order valence-electron chi connectivity index (χ3n) is 2.49. The summed E-state index contributed by atoms with van der Waals surface area (Å²) in [6.45, 7) is 1.57. The summed E-state index contributed by atoms with van der Waals surface area (Å²) >= 11 is 0. The van der Waals surface area contributed by atoms with Crippen molar-refractivity contribution in [3.63, 3.8) is 0 Å². The number of carboxylic acids is 1. The number of sulfone groups is 1. The Morgan fingerprint density at radius 3 is 2.24 bits per heavy atom. The van der Waals surface area contributed by atoms with Crippen LogP contribution in [0.1, 0.15) is 18.5 Å². The minimum absolute atomic E-state index is 0.0285. The summed E-state index contributed by atoms with van der Waals surface area (Å²) in [6, 6.07) is 5.06. The summed E-state index contributed by atoms with van der Waals surface area (Å²) in [5, 5.41) is 11.6. The molecule has 94 valence electrons. The topological polar surface area (TPSA) is 83.5 Å². The minimum Gasteiger partial charge on any atom is -0.480 e. The summed E-state index contributed by atoms with van der Waals surface area (Å²) in [5.41, 5.74) is 0.523. The first-order valence-electron chi connectivity index (χ1n) is 5.15. The largest absolute Gasteiger partial charge is 0.480 e. The lowest BCUT2D eigenvalue weighted by molar-refractivity contribution is -0.139. The first-order chi connectivity index (χ1) is 7.92. The Labute approximate surface area is 100 Å². The van der Waals surface area contributed by atoms with Crippen LogP contribution in [0.3, 0.4) is 0 Å². The van der Waals surface area contributed by atoms with Gasteiger partial charge < -0.3 is 10.4 Å². The van der Waals surface area contributed by atoms with Crippen LogP contribution in [0.15, 0.2) is 29.2 Å². The third-order valence-corrected chi connectivity index (χ3v) is 4.24. The highest BCUT2D eigenvalue weighted by Gasteiger charge is 2.18. The normalized spacial score (nSPS) is 13.3. The van der Waals surface area contributed by atoms with Crippen LogP contribution in [0, 0.1) is 0 Å². The van der Waals surface area contributed by atoms with Gasteiger partial charge in [0.2, 0.25) is 0 Å². The Hall–Kier alpha value is -1.40. The van der Waals surface area contributed by atoms with Gasteiger partial charge in [-0.25, -0.2) is 8.42 Å². The van der Waals surface area contributed by atoms with E-state index in [2.05, 4.69) is 5.32 Å². The molecule has 0 aromatic heterocycles. The van der Waals surface area contributed by atoms with Gasteiger partial charge >= 0.3 is 5.97 Å². The summed E-state index contributed by atoms with van der Waals surface area (Å²) in [5.74, 6) is -0.973. The number of carbonyl (C=O) groups is 1. The van der Waals surface area contributed by atoms with Crippen molar-refractivity contribution >= 4 is 15.8 Å². The average molecular weight is 257 g/mol. The van der Waals surface area contributed by atoms with Crippen LogP contribution in [0.5, 0.6) is 0 Å². The lowest BCUT2D eigenvalue weighted by atomic mass is 10.1. The Bertz CT molecular complexity index is 493. The van der Waals surface area contributed by atoms with Crippen LogP contribution in [0.2, 0.25) is 0 Å². The zero-order valence-electron chi connectivity index (χ0n) is 9.67. The van der Waals surface area contributed by atoms with Crippen molar-refractivity contribution in [3.05, 3.63) is 29.8 Å². The second-order valence-electron chi connectivity index (χ2n) is 3.53. The number of nitrogens with one attached hydrogen (secondary N) is 1. The number of benzene rings is 1. The predicted octanol–water partition coefficient (Wildman–Crippen LogP) is 0.825. The molecule has 1 aromatic carbocycles. The van der Waals surface area contributed by atoms with Crippen LogP contribution in [-0.4, -0.2) is 32.3 Å². The van der Waals surface area contributed by atoms with Crippen molar-refractivity contribution in [1.82, 2.24) is 5.32 Å². The van der Waals surface area contributed by atoms with Crippen LogP contribution in [0.25, 0.3) is 0 Å². The second-order valence-corrected chi connectivity index (χ2v) is 5.81. The molecule has 0 saturated carbocycles. The van der Waals surface area contributed by atoms with E-state index < -0.39 is 21.8 Å². The Balaban J connectivity index is 3.07. The van der Waals surface area contributed by atoms with E-state index in [1.165, 1.54) is 31.3 Å². The van der Waals surface area contributed by atoms with Gasteiger partial charge in [0.15, 0.2) is 9.84 Å². The standard InChI is InChI=1S/C11H15NO4S/c1-3-17(15,16)9-6-4-8(5-7-9)10(12-2)11(13)14/h4-7,10,12H,3H2,1-2H3,(H,13,14). The van der Waals surface area contributed by atoms with Crippen LogP contribution in [-0.2, 0) is 14.6 Å². The number of carboxylic acid groups (broad SMARTS) is 1. The molecule has 1 atom stereocenters. The molecule has 1 aromatic rings. The van der Waals surface area contributed by atoms with Gasteiger partial charge in [-0.05, 0) is 24.7 Å². The van der Waals surface area contributed by atoms with E-state index in [0.717, 1.165) is 0 Å². The third kappa shape index (κ3) is 3.04. The van der Waals surface area contributed by atoms with Crippen molar-refractivity contribution in [2.45, 2.75) is 17.9 Å². The van der Waals surface area contributed by atoms with Crippen LogP contribution >= 0.6 is 0 Å². The molecular formula is C11H15NO4S. The quantitative estimate of drug-likeness (QED) is 0.816. The van der Waals surface area contributed by atoms with E-state index in [0.29, 0.717) is 5.56 Å². The van der Waals surface area contributed by atoms with Crippen LogP contribution < -0.4 is 5.32 Å². The first-order valence-corrected chi connectivity index (χ1v) is 6.80. The molecule has 0 aliphatic carbocycles. The van der Waals surface area contributed by atoms with Crippen molar-refractivity contribution in [3.8, 4) is 0 Å². The van der Waals surface area contributed by atoms with Crippen molar-refractivity contribution in [2.24, 2.45) is 0 Å². The fourth-order valence-electron chi connectivity index (χ4n) is 1.47. The summed E-state index contributed by atoms with van der Waals surface area (Å²) in [7, 11) is -1.70. The van der Waals surface area contributed by atoms with Gasteiger partial charge in [-0.3, -0.25) is 4.79 Å². The van der Waals surface area contributed by atoms with Crippen LogP contribution in [0.4, 0.5) is 0 Å². The number of aliphatic carboxylic acids is 1. The first kappa shape index (κ1) is 13.7. The predicted molar refractivity (Wildman–Crippen MR) is 63.6 cm³/mol. The molecule has 1 rings (SSSR count). The lowest BCUT2D eigenvalue weighted by Crippen LogP contribution is -2.24. The molecule has 0 amide bonds. The van der Waals surface area contributed by atoms with Crippen molar-refractivity contribution < 1.29 is 18.3 Å². The Morgan fingerprint density at radius 2 is 1.88 bits per heavy atom. The van der Waals surface area contributed by atoms with E-state index in [1.54, 1.807) is 6.92 Å². The molecular weight excluding hydrogens is 242 g/mol. The molecule has 5 nitrogen and oxygen atoms in total. The summed E-state index contributed by atoms with van der Waals surface area (Å²) in [4.78, 5) is 11.1. The molecule has 6 heteroatoms. The van der Waals surface area contributed by atoms with E-state index in [1.807, 2.05) is 0 Å². The monoisotopic (exact) mass is 257 g/mol. The van der Waals surface area contributed by atoms with Gasteiger partial charge in [-0.15, -0.1) is 0 Å². The molecule has 0 spiro atoms. The molecule has 0 aliphatic rings. The highest BCUT2D eigenvalue weighted by Crippen LogP contribution is 2.17. The number of rotatable bonds is 5. The molecule has 0 heterocycles. The van der Waals surface area contributed by atoms with Gasteiger partial charge in [-0.2, -0.15) is 0 Å². The SMILES string of the molecule is CCS(=O)(=O)c1ccc(C(NC)C(=O)O)cc1. The number of hydrogen-bond acceptors (Lipinski definition) is 4. The molecule has 0 bridgehead atoms. The van der Waals surface area contributed by atoms with Gasteiger partial charge in [0, 0.05) is 0 Å². The van der Waals surface area contributed by atoms with E-state index >= 15 is 0 Å². The summed E-state index contributed by atoms with van der Waals surface area (Å²) in [6.07, 6.45) is 0. The van der Waals surface area contributed by atoms with E-state index in [9.17, 15) is 13.2 Å². The van der Waals surface area contributed by atoms with E-state index in [4.69, 9.17) is 5.11 Å². The molecule has 17 heavy (non-hydrogen) atoms. The fraction of sp³-hybridized carbons (Fsp3) is 0.364. The highest BCUT2D eigenvalue weighted by atomic mass is 32.2. The zero-order chi connectivity index (χ0) is 13.1. The Kier molecular flexibility index (Phi) is 4.25. The van der Waals surface area contributed by atoms with Gasteiger partial charge in [-0.1, -0.05) is 19.1 Å². The van der Waals surface area contributed by atoms with Gasteiger partial charge in [0.05, 0.1) is 10.6 Å². The van der Waals surface area contributed by atoms with Gasteiger partial charge in [0.25, 0.3) is 0 Å². The molecule has 1 unspecified atom stereocenters.